The van der Waals surface area contributed by atoms with Crippen molar-refractivity contribution in [2.75, 3.05) is 0 Å². The summed E-state index contributed by atoms with van der Waals surface area (Å²) in [6.45, 7) is 3.71. The van der Waals surface area contributed by atoms with E-state index in [-0.39, 0.29) is 12.5 Å². The lowest BCUT2D eigenvalue weighted by molar-refractivity contribution is 0.529. The summed E-state index contributed by atoms with van der Waals surface area (Å²) in [5.74, 6) is 0. The number of nitrogens with one attached hydrogen (secondary N) is 1. The van der Waals surface area contributed by atoms with Crippen LogP contribution in [0, 0.1) is 11.3 Å². The van der Waals surface area contributed by atoms with Gasteiger partial charge in [0.05, 0.1) is 30.4 Å². The van der Waals surface area contributed by atoms with Gasteiger partial charge in [-0.15, -0.1) is 0 Å². The molecule has 29 heavy (non-hydrogen) atoms. The molecule has 4 rings (SSSR count). The van der Waals surface area contributed by atoms with Gasteiger partial charge in [0.15, 0.2) is 0 Å². The number of aromatic amines is 1. The molecule has 0 aromatic carbocycles. The SMILES string of the molecule is CC(C)([S+]=O)c1cncc(C(CC#N)n2cc(-c3ncnc4[nH]ccc34)cn2)c1. The molecule has 8 nitrogen and oxygen atoms in total. The first kappa shape index (κ1) is 18.8. The molecule has 0 amide bonds. The van der Waals surface area contributed by atoms with Gasteiger partial charge >= 0.3 is 11.7 Å². The number of pyridine rings is 1. The molecule has 9 heteroatoms. The highest BCUT2D eigenvalue weighted by molar-refractivity contribution is 7.66. The standard InChI is InChI=1S/C20H18N7OS/c1-20(2,29-28)15-7-13(8-22-10-15)17(3-5-21)27-11-14(9-26-27)18-16-4-6-23-19(16)25-12-24-18/h4,6-12,17H,3H2,1-2H3,(H,23,24,25)/q+1. The summed E-state index contributed by atoms with van der Waals surface area (Å²) in [7, 11) is 0. The van der Waals surface area contributed by atoms with Crippen molar-refractivity contribution in [1.82, 2.24) is 29.7 Å². The number of hydrogen-bond donors (Lipinski definition) is 1. The highest BCUT2D eigenvalue weighted by Gasteiger charge is 2.36. The Kier molecular flexibility index (Phi) is 4.86. The Bertz CT molecular complexity index is 1220. The Hall–Kier alpha value is -3.51. The minimum atomic E-state index is -0.615. The van der Waals surface area contributed by atoms with E-state index in [0.29, 0.717) is 11.7 Å². The molecule has 1 atom stereocenters. The Morgan fingerprint density at radius 3 is 2.97 bits per heavy atom. The van der Waals surface area contributed by atoms with Crippen LogP contribution in [0.4, 0.5) is 0 Å². The average Bonchev–Trinajstić information content (AvgIpc) is 3.41. The second-order valence-electron chi connectivity index (χ2n) is 7.15. The molecule has 0 bridgehead atoms. The van der Waals surface area contributed by atoms with Gasteiger partial charge in [-0.2, -0.15) is 10.4 Å². The van der Waals surface area contributed by atoms with E-state index in [4.69, 9.17) is 0 Å². The first-order valence-corrected chi connectivity index (χ1v) is 9.73. The second-order valence-corrected chi connectivity index (χ2v) is 8.34. The van der Waals surface area contributed by atoms with Gasteiger partial charge in [0.1, 0.15) is 12.0 Å². The molecule has 0 aliphatic rings. The zero-order chi connectivity index (χ0) is 20.4. The number of fused-ring (bicyclic) bond motifs is 1. The van der Waals surface area contributed by atoms with Gasteiger partial charge in [-0.3, -0.25) is 9.67 Å². The first-order valence-electron chi connectivity index (χ1n) is 8.99. The van der Waals surface area contributed by atoms with E-state index >= 15 is 0 Å². The van der Waals surface area contributed by atoms with Crippen LogP contribution in [0.2, 0.25) is 0 Å². The second kappa shape index (κ2) is 7.48. The summed E-state index contributed by atoms with van der Waals surface area (Å²) in [4.78, 5) is 16.0. The number of hydrogen-bond acceptors (Lipinski definition) is 6. The maximum absolute atomic E-state index is 11.5. The summed E-state index contributed by atoms with van der Waals surface area (Å²) in [6.07, 6.45) is 10.6. The minimum Gasteiger partial charge on any atom is -0.346 e. The van der Waals surface area contributed by atoms with Crippen LogP contribution in [0.15, 0.2) is 49.4 Å². The smallest absolute Gasteiger partial charge is 0.346 e. The first-order chi connectivity index (χ1) is 14.0. The number of nitriles is 1. The van der Waals surface area contributed by atoms with E-state index < -0.39 is 4.75 Å². The van der Waals surface area contributed by atoms with Crippen molar-refractivity contribution in [1.29, 1.82) is 5.26 Å². The molecule has 0 aliphatic carbocycles. The summed E-state index contributed by atoms with van der Waals surface area (Å²) >= 11 is 0.519. The van der Waals surface area contributed by atoms with E-state index in [9.17, 15) is 9.47 Å². The van der Waals surface area contributed by atoms with Gasteiger partial charge in [-0.1, -0.05) is 0 Å². The van der Waals surface area contributed by atoms with Crippen molar-refractivity contribution in [3.8, 4) is 17.3 Å². The molecule has 0 fully saturated rings. The fourth-order valence-corrected chi connectivity index (χ4v) is 3.41. The fourth-order valence-electron chi connectivity index (χ4n) is 3.20. The summed E-state index contributed by atoms with van der Waals surface area (Å²) < 4.78 is 12.6. The van der Waals surface area contributed by atoms with E-state index in [1.54, 1.807) is 23.3 Å². The van der Waals surface area contributed by atoms with E-state index in [0.717, 1.165) is 33.4 Å². The van der Waals surface area contributed by atoms with Gasteiger partial charge in [-0.05, 0) is 17.7 Å². The normalized spacial score (nSPS) is 12.6. The van der Waals surface area contributed by atoms with Crippen molar-refractivity contribution in [3.63, 3.8) is 0 Å². The predicted octanol–water partition coefficient (Wildman–Crippen LogP) is 3.38. The van der Waals surface area contributed by atoms with Crippen LogP contribution in [0.5, 0.6) is 0 Å². The zero-order valence-electron chi connectivity index (χ0n) is 15.9. The van der Waals surface area contributed by atoms with E-state index in [1.807, 2.05) is 38.4 Å². The monoisotopic (exact) mass is 404 g/mol. The summed E-state index contributed by atoms with van der Waals surface area (Å²) in [5.41, 5.74) is 4.00. The molecule has 0 aliphatic heterocycles. The molecule has 4 aromatic rings. The highest BCUT2D eigenvalue weighted by Crippen LogP contribution is 2.29. The molecule has 1 unspecified atom stereocenters. The maximum Gasteiger partial charge on any atom is 0.470 e. The van der Waals surface area contributed by atoms with Crippen LogP contribution in [0.25, 0.3) is 22.3 Å². The zero-order valence-corrected chi connectivity index (χ0v) is 16.7. The molecular weight excluding hydrogens is 386 g/mol. The molecule has 0 saturated heterocycles. The summed E-state index contributed by atoms with van der Waals surface area (Å²) in [6, 6.07) is 5.75. The van der Waals surface area contributed by atoms with Crippen LogP contribution in [0.3, 0.4) is 0 Å². The fraction of sp³-hybridized carbons (Fsp3) is 0.250. The minimum absolute atomic E-state index is 0.223. The molecule has 144 valence electrons. The van der Waals surface area contributed by atoms with Crippen molar-refractivity contribution in [2.24, 2.45) is 0 Å². The predicted molar refractivity (Wildman–Crippen MR) is 109 cm³/mol. The Morgan fingerprint density at radius 1 is 1.31 bits per heavy atom. The van der Waals surface area contributed by atoms with Crippen LogP contribution in [-0.4, -0.2) is 29.7 Å². The molecule has 4 heterocycles. The maximum atomic E-state index is 11.5. The Morgan fingerprint density at radius 2 is 2.17 bits per heavy atom. The lowest BCUT2D eigenvalue weighted by atomic mass is 9.99. The van der Waals surface area contributed by atoms with Crippen LogP contribution < -0.4 is 0 Å². The number of H-pyrrole nitrogens is 1. The molecule has 1 N–H and O–H groups in total. The van der Waals surface area contributed by atoms with Crippen molar-refractivity contribution >= 4 is 22.7 Å². The van der Waals surface area contributed by atoms with Gasteiger partial charge in [-0.25, -0.2) is 9.97 Å². The molecule has 4 aromatic heterocycles. The van der Waals surface area contributed by atoms with Gasteiger partial charge in [0, 0.05) is 59.4 Å². The van der Waals surface area contributed by atoms with Crippen LogP contribution >= 0.6 is 0 Å². The third-order valence-corrected chi connectivity index (χ3v) is 5.53. The third kappa shape index (κ3) is 3.50. The Labute approximate surface area is 171 Å². The van der Waals surface area contributed by atoms with E-state index in [1.165, 1.54) is 6.33 Å². The largest absolute Gasteiger partial charge is 0.470 e. The lowest BCUT2D eigenvalue weighted by Crippen LogP contribution is -2.17. The molecule has 0 spiro atoms. The van der Waals surface area contributed by atoms with Gasteiger partial charge in [0.25, 0.3) is 4.75 Å². The van der Waals surface area contributed by atoms with Crippen molar-refractivity contribution < 1.29 is 4.21 Å². The molecule has 0 radical (unpaired) electrons. The van der Waals surface area contributed by atoms with Crippen LogP contribution in [0.1, 0.15) is 37.4 Å². The quantitative estimate of drug-likeness (QED) is 0.493. The lowest BCUT2D eigenvalue weighted by Gasteiger charge is -2.16. The average molecular weight is 404 g/mol. The Balaban J connectivity index is 1.75. The number of nitrogens with zero attached hydrogens (tertiary/aromatic N) is 6. The topological polar surface area (TPSA) is 113 Å². The van der Waals surface area contributed by atoms with Gasteiger partial charge in [0.2, 0.25) is 0 Å². The van der Waals surface area contributed by atoms with Crippen molar-refractivity contribution in [3.05, 3.63) is 60.6 Å². The summed E-state index contributed by atoms with van der Waals surface area (Å²) in [5, 5.41) is 14.8. The van der Waals surface area contributed by atoms with Crippen LogP contribution in [-0.2, 0) is 20.6 Å². The van der Waals surface area contributed by atoms with Crippen molar-refractivity contribution in [2.45, 2.75) is 31.1 Å². The molecule has 0 saturated carbocycles. The van der Waals surface area contributed by atoms with E-state index in [2.05, 4.69) is 31.1 Å². The number of aromatic nitrogens is 6. The highest BCUT2D eigenvalue weighted by atomic mass is 32.1. The molecular formula is C20H18N7OS+. The third-order valence-electron chi connectivity index (χ3n) is 4.88. The number of rotatable bonds is 6. The van der Waals surface area contributed by atoms with Gasteiger partial charge < -0.3 is 4.98 Å².